The first-order chi connectivity index (χ1) is 16.6. The molecule has 5 rings (SSSR count). The molecule has 5 aromatic rings. The van der Waals surface area contributed by atoms with Gasteiger partial charge in [0.25, 0.3) is 5.56 Å². The van der Waals surface area contributed by atoms with Gasteiger partial charge in [-0.2, -0.15) is 4.98 Å². The zero-order chi connectivity index (χ0) is 23.5. The highest BCUT2D eigenvalue weighted by Gasteiger charge is 2.21. The minimum absolute atomic E-state index is 0.0911. The van der Waals surface area contributed by atoms with Crippen molar-refractivity contribution in [2.75, 3.05) is 7.11 Å². The summed E-state index contributed by atoms with van der Waals surface area (Å²) in [5.41, 5.74) is 2.42. The van der Waals surface area contributed by atoms with Gasteiger partial charge in [-0.15, -0.1) is 0 Å². The number of thioether (sulfide) groups is 1. The third-order valence-corrected chi connectivity index (χ3v) is 6.51. The van der Waals surface area contributed by atoms with Gasteiger partial charge >= 0.3 is 0 Å². The number of benzene rings is 3. The number of methoxy groups -OCH3 is 1. The molecule has 2 aromatic heterocycles. The monoisotopic (exact) mass is 470 g/mol. The van der Waals surface area contributed by atoms with E-state index >= 15 is 0 Å². The van der Waals surface area contributed by atoms with Crippen LogP contribution in [0.25, 0.3) is 22.3 Å². The lowest BCUT2D eigenvalue weighted by atomic mass is 10.2. The first-order valence-corrected chi connectivity index (χ1v) is 11.7. The minimum Gasteiger partial charge on any atom is -0.497 e. The Balaban J connectivity index is 1.49. The molecule has 0 aliphatic rings. The molecule has 0 spiro atoms. The third kappa shape index (κ3) is 4.45. The van der Waals surface area contributed by atoms with Crippen molar-refractivity contribution in [3.8, 4) is 17.1 Å². The largest absolute Gasteiger partial charge is 0.497 e. The zero-order valence-electron chi connectivity index (χ0n) is 18.7. The summed E-state index contributed by atoms with van der Waals surface area (Å²) in [6.07, 6.45) is 0. The smallest absolute Gasteiger partial charge is 0.262 e. The molecule has 0 fully saturated rings. The second-order valence-corrected chi connectivity index (χ2v) is 9.04. The van der Waals surface area contributed by atoms with Crippen LogP contribution in [0.5, 0.6) is 5.75 Å². The number of ether oxygens (including phenoxy) is 1. The molecule has 170 valence electrons. The van der Waals surface area contributed by atoms with Crippen molar-refractivity contribution in [3.05, 3.63) is 101 Å². The Morgan fingerprint density at radius 1 is 0.971 bits per heavy atom. The fourth-order valence-corrected chi connectivity index (χ4v) is 4.54. The van der Waals surface area contributed by atoms with Gasteiger partial charge in [-0.05, 0) is 36.8 Å². The molecule has 2 heterocycles. The maximum atomic E-state index is 13.4. The summed E-state index contributed by atoms with van der Waals surface area (Å²) >= 11 is 1.42. The lowest BCUT2D eigenvalue weighted by Gasteiger charge is -2.15. The maximum absolute atomic E-state index is 13.4. The summed E-state index contributed by atoms with van der Waals surface area (Å²) in [5.74, 6) is 1.77. The quantitative estimate of drug-likeness (QED) is 0.234. The van der Waals surface area contributed by atoms with Gasteiger partial charge in [0.15, 0.2) is 5.16 Å². The summed E-state index contributed by atoms with van der Waals surface area (Å²) in [5, 5.41) is 5.08. The van der Waals surface area contributed by atoms with Crippen molar-refractivity contribution in [2.45, 2.75) is 23.9 Å². The summed E-state index contributed by atoms with van der Waals surface area (Å²) < 4.78 is 12.5. The molecule has 0 saturated carbocycles. The predicted molar refractivity (Wildman–Crippen MR) is 132 cm³/mol. The summed E-state index contributed by atoms with van der Waals surface area (Å²) in [6, 6.07) is 24.7. The number of fused-ring (bicyclic) bond motifs is 1. The van der Waals surface area contributed by atoms with Crippen molar-refractivity contribution >= 4 is 22.7 Å². The Labute approximate surface area is 200 Å². The number of aromatic nitrogens is 4. The van der Waals surface area contributed by atoms with Crippen molar-refractivity contribution in [3.63, 3.8) is 0 Å². The average Bonchev–Trinajstić information content (AvgIpc) is 3.38. The molecule has 1 unspecified atom stereocenters. The standard InChI is InChI=1S/C26H22N4O3S/c1-17(24-28-23(29-33-24)19-8-4-3-5-9-19)34-26-27-22-11-7-6-10-21(22)25(31)30(26)16-18-12-14-20(32-2)15-13-18/h3-15,17H,16H2,1-2H3. The van der Waals surface area contributed by atoms with Crippen LogP contribution in [0.1, 0.15) is 23.6 Å². The van der Waals surface area contributed by atoms with Gasteiger partial charge in [-0.3, -0.25) is 9.36 Å². The van der Waals surface area contributed by atoms with Crippen molar-refractivity contribution < 1.29 is 9.26 Å². The molecule has 0 aliphatic heterocycles. The van der Waals surface area contributed by atoms with E-state index in [1.54, 1.807) is 17.7 Å². The van der Waals surface area contributed by atoms with Gasteiger partial charge in [-0.25, -0.2) is 4.98 Å². The van der Waals surface area contributed by atoms with Crippen LogP contribution in [-0.2, 0) is 6.54 Å². The highest BCUT2D eigenvalue weighted by Crippen LogP contribution is 2.34. The van der Waals surface area contributed by atoms with Crippen LogP contribution < -0.4 is 10.3 Å². The molecule has 34 heavy (non-hydrogen) atoms. The Bertz CT molecular complexity index is 1480. The van der Waals surface area contributed by atoms with Crippen LogP contribution in [0.15, 0.2) is 93.3 Å². The van der Waals surface area contributed by atoms with Crippen LogP contribution >= 0.6 is 11.8 Å². The number of nitrogens with zero attached hydrogens (tertiary/aromatic N) is 4. The van der Waals surface area contributed by atoms with Crippen molar-refractivity contribution in [1.29, 1.82) is 0 Å². The first kappa shape index (κ1) is 21.9. The molecule has 3 aromatic carbocycles. The van der Waals surface area contributed by atoms with E-state index in [4.69, 9.17) is 14.2 Å². The fraction of sp³-hybridized carbons (Fsp3) is 0.154. The summed E-state index contributed by atoms with van der Waals surface area (Å²) in [6.45, 7) is 2.35. The predicted octanol–water partition coefficient (Wildman–Crippen LogP) is 5.36. The fourth-order valence-electron chi connectivity index (χ4n) is 3.60. The molecule has 0 N–H and O–H groups in total. The highest BCUT2D eigenvalue weighted by molar-refractivity contribution is 7.99. The lowest BCUT2D eigenvalue weighted by Crippen LogP contribution is -2.24. The molecule has 8 heteroatoms. The van der Waals surface area contributed by atoms with Gasteiger partial charge < -0.3 is 9.26 Å². The van der Waals surface area contributed by atoms with Crippen LogP contribution in [-0.4, -0.2) is 26.8 Å². The topological polar surface area (TPSA) is 83.0 Å². The van der Waals surface area contributed by atoms with E-state index in [0.29, 0.717) is 34.3 Å². The molecule has 0 amide bonds. The van der Waals surface area contributed by atoms with E-state index in [-0.39, 0.29) is 10.8 Å². The highest BCUT2D eigenvalue weighted by atomic mass is 32.2. The van der Waals surface area contributed by atoms with E-state index in [0.717, 1.165) is 16.9 Å². The Hall–Kier alpha value is -3.91. The molecule has 1 atom stereocenters. The molecule has 0 radical (unpaired) electrons. The normalized spacial score (nSPS) is 12.1. The molecule has 0 saturated heterocycles. The molecule has 0 bridgehead atoms. The van der Waals surface area contributed by atoms with Gasteiger partial charge in [0.2, 0.25) is 11.7 Å². The van der Waals surface area contributed by atoms with Gasteiger partial charge in [0, 0.05) is 5.56 Å². The van der Waals surface area contributed by atoms with Crippen molar-refractivity contribution in [1.82, 2.24) is 19.7 Å². The Morgan fingerprint density at radius 2 is 1.71 bits per heavy atom. The summed E-state index contributed by atoms with van der Waals surface area (Å²) in [4.78, 5) is 22.8. The Kier molecular flexibility index (Phi) is 6.14. The van der Waals surface area contributed by atoms with Gasteiger partial charge in [-0.1, -0.05) is 71.5 Å². The van der Waals surface area contributed by atoms with E-state index < -0.39 is 0 Å². The van der Waals surface area contributed by atoms with Crippen molar-refractivity contribution in [2.24, 2.45) is 0 Å². The third-order valence-electron chi connectivity index (χ3n) is 5.43. The zero-order valence-corrected chi connectivity index (χ0v) is 19.5. The number of hydrogen-bond acceptors (Lipinski definition) is 7. The van der Waals surface area contributed by atoms with Crippen LogP contribution in [0, 0.1) is 0 Å². The SMILES string of the molecule is COc1ccc(Cn2c(SC(C)c3nc(-c4ccccc4)no3)nc3ccccc3c2=O)cc1. The molecule has 0 aliphatic carbocycles. The molecular formula is C26H22N4O3S. The van der Waals surface area contributed by atoms with Gasteiger partial charge in [0.05, 0.1) is 29.8 Å². The van der Waals surface area contributed by atoms with E-state index in [2.05, 4.69) is 10.1 Å². The van der Waals surface area contributed by atoms with Gasteiger partial charge in [0.1, 0.15) is 5.75 Å². The Morgan fingerprint density at radius 3 is 2.47 bits per heavy atom. The van der Waals surface area contributed by atoms with Crippen LogP contribution in [0.4, 0.5) is 0 Å². The minimum atomic E-state index is -0.208. The number of para-hydroxylation sites is 1. The maximum Gasteiger partial charge on any atom is 0.262 e. The van der Waals surface area contributed by atoms with Crippen LogP contribution in [0.2, 0.25) is 0 Å². The van der Waals surface area contributed by atoms with E-state index in [1.165, 1.54) is 11.8 Å². The van der Waals surface area contributed by atoms with E-state index in [9.17, 15) is 4.79 Å². The number of hydrogen-bond donors (Lipinski definition) is 0. The molecular weight excluding hydrogens is 448 g/mol. The summed E-state index contributed by atoms with van der Waals surface area (Å²) in [7, 11) is 1.63. The first-order valence-electron chi connectivity index (χ1n) is 10.8. The molecule has 7 nitrogen and oxygen atoms in total. The second kappa shape index (κ2) is 9.52. The van der Waals surface area contributed by atoms with E-state index in [1.807, 2.05) is 79.7 Å². The number of rotatable bonds is 7. The average molecular weight is 471 g/mol. The van der Waals surface area contributed by atoms with Crippen LogP contribution in [0.3, 0.4) is 0 Å². The lowest BCUT2D eigenvalue weighted by molar-refractivity contribution is 0.380. The second-order valence-electron chi connectivity index (χ2n) is 7.73.